The third-order valence-electron chi connectivity index (χ3n) is 4.69. The van der Waals surface area contributed by atoms with Crippen molar-refractivity contribution in [3.8, 4) is 0 Å². The van der Waals surface area contributed by atoms with E-state index in [1.165, 1.54) is 0 Å². The highest BCUT2D eigenvalue weighted by Crippen LogP contribution is 2.64. The average Bonchev–Trinajstić information content (AvgIpc) is 2.70. The molecule has 0 bridgehead atoms. The number of hydrogen-bond donors (Lipinski definition) is 3. The van der Waals surface area contributed by atoms with Gasteiger partial charge in [-0.3, -0.25) is 4.79 Å². The Kier molecular flexibility index (Phi) is 10.2. The number of carboxylic acid groups (broad SMARTS) is 1. The first-order valence-electron chi connectivity index (χ1n) is 8.84. The SMILES string of the molecule is O=C(O)CCSC(CO)C(CO)C(F)(F)C(F)(F)C(F)(F)C(F)(F)C(F)(F)C(F)(F)C(F)(F)C(F)(F)F. The molecule has 0 saturated carbocycles. The number of alkyl halides is 17. The maximum absolute atomic E-state index is 14.3. The largest absolute Gasteiger partial charge is 0.481 e. The van der Waals surface area contributed by atoms with Gasteiger partial charge >= 0.3 is 53.6 Å². The molecule has 0 heterocycles. The summed E-state index contributed by atoms with van der Waals surface area (Å²) in [7, 11) is 0. The van der Waals surface area contributed by atoms with Crippen LogP contribution in [-0.4, -0.2) is 93.1 Å². The number of hydrogen-bond acceptors (Lipinski definition) is 4. The van der Waals surface area contributed by atoms with Gasteiger partial charge in [-0.1, -0.05) is 0 Å². The van der Waals surface area contributed by atoms with Gasteiger partial charge in [0, 0.05) is 11.0 Å². The van der Waals surface area contributed by atoms with Crippen LogP contribution in [0.1, 0.15) is 6.42 Å². The molecule has 2 atom stereocenters. The first-order valence-corrected chi connectivity index (χ1v) is 9.89. The van der Waals surface area contributed by atoms with Crippen LogP contribution in [-0.2, 0) is 4.79 Å². The average molecular weight is 612 g/mol. The summed E-state index contributed by atoms with van der Waals surface area (Å²) in [6.45, 7) is -4.29. The molecule has 0 rings (SSSR count). The van der Waals surface area contributed by atoms with Crippen molar-refractivity contribution in [1.82, 2.24) is 0 Å². The van der Waals surface area contributed by atoms with Crippen LogP contribution in [0.3, 0.4) is 0 Å². The van der Waals surface area contributed by atoms with E-state index in [2.05, 4.69) is 0 Å². The van der Waals surface area contributed by atoms with Gasteiger partial charge in [0.05, 0.1) is 25.6 Å². The second kappa shape index (κ2) is 10.6. The van der Waals surface area contributed by atoms with Crippen LogP contribution >= 0.6 is 11.8 Å². The zero-order chi connectivity index (χ0) is 30.3. The molecule has 4 nitrogen and oxygen atoms in total. The van der Waals surface area contributed by atoms with E-state index in [0.717, 1.165) is 0 Å². The lowest BCUT2D eigenvalue weighted by atomic mass is 9.84. The van der Waals surface area contributed by atoms with Gasteiger partial charge in [-0.25, -0.2) is 0 Å². The smallest absolute Gasteiger partial charge is 0.460 e. The third kappa shape index (κ3) is 5.50. The maximum atomic E-state index is 14.3. The quantitative estimate of drug-likeness (QED) is 0.236. The number of thioether (sulfide) groups is 1. The van der Waals surface area contributed by atoms with Gasteiger partial charge in [0.1, 0.15) is 0 Å². The Labute approximate surface area is 197 Å². The summed E-state index contributed by atoms with van der Waals surface area (Å²) in [5, 5.41) is 23.6. The summed E-state index contributed by atoms with van der Waals surface area (Å²) in [5.74, 6) is -64.3. The van der Waals surface area contributed by atoms with E-state index in [0.29, 0.717) is 0 Å². The minimum atomic E-state index is -8.77. The third-order valence-corrected chi connectivity index (χ3v) is 6.03. The molecule has 0 aromatic carbocycles. The van der Waals surface area contributed by atoms with Gasteiger partial charge in [-0.05, 0) is 0 Å². The number of aliphatic hydroxyl groups excluding tert-OH is 2. The Morgan fingerprint density at radius 1 is 0.595 bits per heavy atom. The molecule has 2 unspecified atom stereocenters. The standard InChI is InChI=1S/C15H13F17O4S/c16-8(17,5(3-33)6(4-34)37-2-1-7(35)36)9(18,19)10(20,21)11(22,23)12(24,25)13(26,27)14(28,29)15(30,31)32/h5-6,33-34H,1-4H2,(H,35,36). The second-order valence-electron chi connectivity index (χ2n) is 7.09. The van der Waals surface area contributed by atoms with Gasteiger partial charge in [0.25, 0.3) is 0 Å². The molecule has 0 amide bonds. The van der Waals surface area contributed by atoms with Crippen molar-refractivity contribution < 1.29 is 94.8 Å². The fraction of sp³-hybridized carbons (Fsp3) is 0.933. The lowest BCUT2D eigenvalue weighted by Gasteiger charge is -2.44. The van der Waals surface area contributed by atoms with Gasteiger partial charge in [0.15, 0.2) is 0 Å². The molecule has 0 spiro atoms. The van der Waals surface area contributed by atoms with E-state index in [1.54, 1.807) is 0 Å². The lowest BCUT2D eigenvalue weighted by molar-refractivity contribution is -0.463. The summed E-state index contributed by atoms with van der Waals surface area (Å²) in [6.07, 6.45) is -8.86. The summed E-state index contributed by atoms with van der Waals surface area (Å²) in [6, 6.07) is 0. The van der Waals surface area contributed by atoms with Crippen LogP contribution in [0.4, 0.5) is 74.6 Å². The van der Waals surface area contributed by atoms with E-state index in [4.69, 9.17) is 15.3 Å². The molecule has 222 valence electrons. The van der Waals surface area contributed by atoms with Crippen LogP contribution in [0, 0.1) is 5.92 Å². The van der Waals surface area contributed by atoms with E-state index < -0.39 is 90.2 Å². The van der Waals surface area contributed by atoms with Crippen molar-refractivity contribution in [2.75, 3.05) is 19.0 Å². The van der Waals surface area contributed by atoms with E-state index >= 15 is 0 Å². The number of carboxylic acids is 1. The predicted octanol–water partition coefficient (Wildman–Crippen LogP) is 5.17. The highest BCUT2D eigenvalue weighted by atomic mass is 32.2. The van der Waals surface area contributed by atoms with E-state index in [1.807, 2.05) is 0 Å². The molecule has 0 aromatic rings. The molecule has 0 radical (unpaired) electrons. The van der Waals surface area contributed by atoms with Gasteiger partial charge in [-0.15, -0.1) is 0 Å². The minimum absolute atomic E-state index is 0.269. The molecule has 0 aliphatic rings. The van der Waals surface area contributed by atoms with Crippen LogP contribution < -0.4 is 0 Å². The molecule has 0 fully saturated rings. The molecule has 0 aromatic heterocycles. The summed E-state index contributed by atoms with van der Waals surface area (Å²) in [5.41, 5.74) is 0. The zero-order valence-corrected chi connectivity index (χ0v) is 17.9. The molecule has 0 aliphatic heterocycles. The number of halogens is 17. The normalized spacial score (nSPS) is 17.1. The molecule has 37 heavy (non-hydrogen) atoms. The summed E-state index contributed by atoms with van der Waals surface area (Å²) >= 11 is -0.269. The Bertz CT molecular complexity index is 798. The van der Waals surface area contributed by atoms with E-state index in [-0.39, 0.29) is 11.8 Å². The summed E-state index contributed by atoms with van der Waals surface area (Å²) in [4.78, 5) is 10.4. The number of rotatable bonds is 14. The van der Waals surface area contributed by atoms with Crippen molar-refractivity contribution in [1.29, 1.82) is 0 Å². The number of aliphatic hydroxyl groups is 2. The fourth-order valence-corrected chi connectivity index (χ4v) is 3.66. The molecule has 0 saturated heterocycles. The van der Waals surface area contributed by atoms with Gasteiger partial charge in [0.2, 0.25) is 0 Å². The Morgan fingerprint density at radius 3 is 1.24 bits per heavy atom. The van der Waals surface area contributed by atoms with Crippen molar-refractivity contribution in [3.63, 3.8) is 0 Å². The van der Waals surface area contributed by atoms with E-state index in [9.17, 15) is 79.4 Å². The monoisotopic (exact) mass is 612 g/mol. The topological polar surface area (TPSA) is 77.8 Å². The molecular weight excluding hydrogens is 599 g/mol. The summed E-state index contributed by atoms with van der Waals surface area (Å²) < 4.78 is 227. The maximum Gasteiger partial charge on any atom is 0.460 e. The Hall–Kier alpha value is -1.45. The highest BCUT2D eigenvalue weighted by molar-refractivity contribution is 7.99. The number of aliphatic carboxylic acids is 1. The predicted molar refractivity (Wildman–Crippen MR) is 86.8 cm³/mol. The molecular formula is C15H13F17O4S. The minimum Gasteiger partial charge on any atom is -0.481 e. The van der Waals surface area contributed by atoms with Crippen LogP contribution in [0.25, 0.3) is 0 Å². The molecule has 0 aliphatic carbocycles. The Balaban J connectivity index is 6.74. The molecule has 3 N–H and O–H groups in total. The first kappa shape index (κ1) is 35.5. The molecule has 22 heteroatoms. The van der Waals surface area contributed by atoms with Crippen molar-refractivity contribution in [2.45, 2.75) is 59.3 Å². The van der Waals surface area contributed by atoms with Gasteiger partial charge in [-0.2, -0.15) is 86.4 Å². The zero-order valence-electron chi connectivity index (χ0n) is 17.1. The van der Waals surface area contributed by atoms with Crippen molar-refractivity contribution >= 4 is 17.7 Å². The van der Waals surface area contributed by atoms with Crippen LogP contribution in [0.2, 0.25) is 0 Å². The van der Waals surface area contributed by atoms with Crippen molar-refractivity contribution in [2.24, 2.45) is 5.92 Å². The fourth-order valence-electron chi connectivity index (χ4n) is 2.47. The first-order chi connectivity index (χ1) is 16.1. The Morgan fingerprint density at radius 2 is 0.946 bits per heavy atom. The van der Waals surface area contributed by atoms with Crippen molar-refractivity contribution in [3.05, 3.63) is 0 Å². The van der Waals surface area contributed by atoms with Crippen LogP contribution in [0.15, 0.2) is 0 Å². The number of carbonyl (C=O) groups is 1. The highest BCUT2D eigenvalue weighted by Gasteiger charge is 2.95. The second-order valence-corrected chi connectivity index (χ2v) is 8.44. The lowest BCUT2D eigenvalue weighted by Crippen LogP contribution is -2.75. The van der Waals surface area contributed by atoms with Crippen LogP contribution in [0.5, 0.6) is 0 Å². The van der Waals surface area contributed by atoms with Gasteiger partial charge < -0.3 is 15.3 Å².